The number of hydrogen-bond donors (Lipinski definition) is 0. The van der Waals surface area contributed by atoms with Crippen LogP contribution in [0.3, 0.4) is 0 Å². The lowest BCUT2D eigenvalue weighted by Crippen LogP contribution is -2.28. The number of allylic oxidation sites excluding steroid dienone is 3. The molecule has 0 heterocycles. The molecule has 0 aliphatic heterocycles. The molecule has 146 valence electrons. The van der Waals surface area contributed by atoms with Crippen molar-refractivity contribution >= 4 is 11.1 Å². The van der Waals surface area contributed by atoms with E-state index in [2.05, 4.69) is 9.69 Å². The zero-order valence-electron chi connectivity index (χ0n) is 15.7. The Bertz CT molecular complexity index is 1490. The lowest BCUT2D eigenvalue weighted by atomic mass is 9.94. The van der Waals surface area contributed by atoms with Crippen molar-refractivity contribution in [3.8, 4) is 24.3 Å². The summed E-state index contributed by atoms with van der Waals surface area (Å²) in [6.45, 7) is 15.9. The molecular formula is C22H7F3N6. The maximum Gasteiger partial charge on any atom is 0.523 e. The molecule has 1 aromatic carbocycles. The minimum atomic E-state index is -4.99. The Balaban J connectivity index is 2.69. The summed E-state index contributed by atoms with van der Waals surface area (Å²) in [6.07, 6.45) is -5.63. The molecule has 0 radical (unpaired) electrons. The third-order valence-electron chi connectivity index (χ3n) is 5.31. The summed E-state index contributed by atoms with van der Waals surface area (Å²) in [5, 5.41) is 37.6. The second-order valence-corrected chi connectivity index (χ2v) is 6.63. The second-order valence-electron chi connectivity index (χ2n) is 6.63. The third kappa shape index (κ3) is 2.82. The Morgan fingerprint density at radius 1 is 0.871 bits per heavy atom. The van der Waals surface area contributed by atoms with E-state index in [1.165, 1.54) is 12.1 Å². The van der Waals surface area contributed by atoms with Crippen molar-refractivity contribution in [1.29, 1.82) is 21.0 Å². The van der Waals surface area contributed by atoms with Gasteiger partial charge in [-0.25, -0.2) is 0 Å². The number of fused-ring (bicyclic) bond motifs is 2. The molecule has 0 saturated heterocycles. The third-order valence-corrected chi connectivity index (χ3v) is 5.31. The van der Waals surface area contributed by atoms with Gasteiger partial charge in [-0.2, -0.15) is 43.9 Å². The molecule has 0 bridgehead atoms. The van der Waals surface area contributed by atoms with Crippen molar-refractivity contribution in [3.63, 3.8) is 0 Å². The van der Waals surface area contributed by atoms with Crippen LogP contribution in [0.25, 0.3) is 20.8 Å². The molecule has 0 spiro atoms. The van der Waals surface area contributed by atoms with Crippen LogP contribution in [0.1, 0.15) is 29.2 Å². The predicted molar refractivity (Wildman–Crippen MR) is 99.6 cm³/mol. The van der Waals surface area contributed by atoms with E-state index < -0.39 is 34.5 Å². The van der Waals surface area contributed by atoms with Gasteiger partial charge in [-0.05, 0) is 40.8 Å². The summed E-state index contributed by atoms with van der Waals surface area (Å²) in [5.41, 5.74) is -2.34. The van der Waals surface area contributed by atoms with Crippen LogP contribution in [0, 0.1) is 58.5 Å². The molecule has 6 nitrogen and oxygen atoms in total. The molecule has 0 N–H and O–H groups in total. The summed E-state index contributed by atoms with van der Waals surface area (Å²) in [6, 6.07) is 6.60. The molecule has 0 aromatic heterocycles. The number of nitriles is 4. The number of alkyl halides is 3. The van der Waals surface area contributed by atoms with Crippen molar-refractivity contribution in [2.75, 3.05) is 0 Å². The largest absolute Gasteiger partial charge is 0.523 e. The van der Waals surface area contributed by atoms with Gasteiger partial charge in [0.1, 0.15) is 43.0 Å². The smallest absolute Gasteiger partial charge is 0.192 e. The van der Waals surface area contributed by atoms with Gasteiger partial charge in [0.25, 0.3) is 0 Å². The topological polar surface area (TPSA) is 104 Å². The highest BCUT2D eigenvalue weighted by Gasteiger charge is 2.44. The molecule has 0 atom stereocenters. The van der Waals surface area contributed by atoms with Crippen LogP contribution in [-0.2, 0) is 12.8 Å². The van der Waals surface area contributed by atoms with Crippen molar-refractivity contribution in [3.05, 3.63) is 78.1 Å². The molecule has 0 saturated carbocycles. The Hall–Kier alpha value is -4.83. The number of halogens is 3. The molecule has 0 fully saturated rings. The first-order valence-corrected chi connectivity index (χ1v) is 8.52. The summed E-state index contributed by atoms with van der Waals surface area (Å²) in [5.74, 6) is -0.279. The van der Waals surface area contributed by atoms with Gasteiger partial charge >= 0.3 is 12.0 Å². The van der Waals surface area contributed by atoms with Gasteiger partial charge in [0.05, 0.1) is 22.3 Å². The highest BCUT2D eigenvalue weighted by Crippen LogP contribution is 2.40. The zero-order chi connectivity index (χ0) is 23.1. The van der Waals surface area contributed by atoms with E-state index in [9.17, 15) is 23.7 Å². The standard InChI is InChI=1S/C22H7F3N6/c1-10-12(21(30-2)31-3)4-14-17(9-29)19-15(16(8-28)18(10)14)5-13(11(6-26)7-27)20(19)22(23,24)25/h4-5H2,1H3. The molecule has 2 aliphatic carbocycles. The Morgan fingerprint density at radius 2 is 1.35 bits per heavy atom. The normalized spacial score (nSPS) is 13.7. The van der Waals surface area contributed by atoms with Crippen LogP contribution in [-0.4, -0.2) is 6.18 Å². The molecule has 31 heavy (non-hydrogen) atoms. The first-order valence-electron chi connectivity index (χ1n) is 8.52. The van der Waals surface area contributed by atoms with Crippen LogP contribution in [0.4, 0.5) is 13.2 Å². The number of nitrogens with zero attached hydrogens (tertiary/aromatic N) is 6. The van der Waals surface area contributed by atoms with Crippen molar-refractivity contribution < 1.29 is 13.2 Å². The summed E-state index contributed by atoms with van der Waals surface area (Å²) < 4.78 is 42.1. The first-order chi connectivity index (χ1) is 14.7. The molecule has 2 aliphatic rings. The highest BCUT2D eigenvalue weighted by atomic mass is 19.4. The van der Waals surface area contributed by atoms with E-state index in [0.29, 0.717) is 5.57 Å². The van der Waals surface area contributed by atoms with E-state index in [0.717, 1.165) is 0 Å². The Kier molecular flexibility index (Phi) is 4.86. The average Bonchev–Trinajstić information content (AvgIpc) is 3.28. The highest BCUT2D eigenvalue weighted by molar-refractivity contribution is 5.84. The van der Waals surface area contributed by atoms with Gasteiger partial charge in [-0.1, -0.05) is 0 Å². The SMILES string of the molecule is [C-]#[N+]C([N+]#[C-])=C1Cc2c(C#N)c3c(c(C#N)c2=C1C)CC(=C(C#N)C#N)C=3C(F)(F)F. The maximum atomic E-state index is 14.0. The molecule has 9 heteroatoms. The monoisotopic (exact) mass is 412 g/mol. The van der Waals surface area contributed by atoms with Crippen LogP contribution < -0.4 is 10.4 Å². The lowest BCUT2D eigenvalue weighted by Gasteiger charge is -2.11. The number of hydrogen-bond acceptors (Lipinski definition) is 4. The Morgan fingerprint density at radius 3 is 1.81 bits per heavy atom. The van der Waals surface area contributed by atoms with E-state index in [1.807, 2.05) is 6.07 Å². The van der Waals surface area contributed by atoms with Crippen LogP contribution in [0.5, 0.6) is 0 Å². The minimum absolute atomic E-state index is 0.0871. The first kappa shape index (κ1) is 20.9. The zero-order valence-corrected chi connectivity index (χ0v) is 15.7. The predicted octanol–water partition coefficient (Wildman–Crippen LogP) is 2.82. The minimum Gasteiger partial charge on any atom is -0.192 e. The lowest BCUT2D eigenvalue weighted by molar-refractivity contribution is -0.0695. The van der Waals surface area contributed by atoms with E-state index in [1.54, 1.807) is 13.0 Å². The van der Waals surface area contributed by atoms with Crippen molar-refractivity contribution in [2.24, 2.45) is 0 Å². The van der Waals surface area contributed by atoms with Crippen molar-refractivity contribution in [1.82, 2.24) is 0 Å². The molecule has 0 unspecified atom stereocenters. The van der Waals surface area contributed by atoms with Gasteiger partial charge in [0.15, 0.2) is 0 Å². The quantitative estimate of drug-likeness (QED) is 0.483. The van der Waals surface area contributed by atoms with Gasteiger partial charge in [0, 0.05) is 11.6 Å². The van der Waals surface area contributed by atoms with E-state index >= 15 is 0 Å². The van der Waals surface area contributed by atoms with Crippen LogP contribution in [0.15, 0.2) is 22.5 Å². The second kappa shape index (κ2) is 7.21. The molecule has 0 amide bonds. The molecule has 1 aromatic rings. The Labute approximate surface area is 174 Å². The van der Waals surface area contributed by atoms with Crippen LogP contribution >= 0.6 is 0 Å². The van der Waals surface area contributed by atoms with Gasteiger partial charge < -0.3 is 0 Å². The molecular weight excluding hydrogens is 405 g/mol. The fourth-order valence-electron chi connectivity index (χ4n) is 4.11. The maximum absolute atomic E-state index is 14.0. The molecule has 3 rings (SSSR count). The fraction of sp³-hybridized carbons (Fsp3) is 0.182. The van der Waals surface area contributed by atoms with Gasteiger partial charge in [0.2, 0.25) is 0 Å². The number of benzene rings is 1. The summed E-state index contributed by atoms with van der Waals surface area (Å²) >= 11 is 0. The fourth-order valence-corrected chi connectivity index (χ4v) is 4.11. The average molecular weight is 412 g/mol. The van der Waals surface area contributed by atoms with Gasteiger partial charge in [-0.3, -0.25) is 0 Å². The number of rotatable bonds is 0. The van der Waals surface area contributed by atoms with Crippen LogP contribution in [0.2, 0.25) is 0 Å². The summed E-state index contributed by atoms with van der Waals surface area (Å²) in [4.78, 5) is 6.30. The van der Waals surface area contributed by atoms with E-state index in [-0.39, 0.29) is 45.3 Å². The van der Waals surface area contributed by atoms with Crippen molar-refractivity contribution in [2.45, 2.75) is 25.9 Å². The van der Waals surface area contributed by atoms with Gasteiger partial charge in [-0.15, -0.1) is 0 Å². The summed E-state index contributed by atoms with van der Waals surface area (Å²) in [7, 11) is 0. The van der Waals surface area contributed by atoms with E-state index in [4.69, 9.17) is 23.7 Å².